The van der Waals surface area contributed by atoms with E-state index in [0.717, 1.165) is 25.7 Å². The van der Waals surface area contributed by atoms with Crippen molar-refractivity contribution < 1.29 is 38.9 Å². The van der Waals surface area contributed by atoms with E-state index in [4.69, 9.17) is 34.1 Å². The van der Waals surface area contributed by atoms with E-state index in [1.807, 2.05) is 0 Å². The van der Waals surface area contributed by atoms with Crippen LogP contribution in [-0.4, -0.2) is 63.7 Å². The SMILES string of the molecule is CCCCCCCC/C=C\CCCCCCCC(=O)OCC(O)CO.O[Si](O)(O)O. The van der Waals surface area contributed by atoms with Gasteiger partial charge in [-0.1, -0.05) is 70.4 Å². The van der Waals surface area contributed by atoms with Crippen molar-refractivity contribution in [2.75, 3.05) is 13.2 Å². The zero-order valence-corrected chi connectivity index (χ0v) is 19.5. The quantitative estimate of drug-likeness (QED) is 0.0803. The molecule has 0 aromatic carbocycles. The fraction of sp³-hybridized carbons (Fsp3) is 0.857. The first-order valence-electron chi connectivity index (χ1n) is 11.2. The van der Waals surface area contributed by atoms with Gasteiger partial charge < -0.3 is 34.1 Å². The molecule has 6 N–H and O–H groups in total. The molecule has 0 aromatic rings. The van der Waals surface area contributed by atoms with Gasteiger partial charge in [-0.15, -0.1) is 0 Å². The molecule has 0 aromatic heterocycles. The van der Waals surface area contributed by atoms with Gasteiger partial charge in [-0.3, -0.25) is 4.79 Å². The lowest BCUT2D eigenvalue weighted by atomic mass is 10.1. The molecule has 0 heterocycles. The molecule has 30 heavy (non-hydrogen) atoms. The van der Waals surface area contributed by atoms with Gasteiger partial charge in [0.1, 0.15) is 12.7 Å². The number of ether oxygens (including phenoxy) is 1. The van der Waals surface area contributed by atoms with Crippen molar-refractivity contribution in [3.8, 4) is 0 Å². The van der Waals surface area contributed by atoms with Crippen molar-refractivity contribution in [3.63, 3.8) is 0 Å². The number of esters is 1. The molecule has 0 radical (unpaired) electrons. The fourth-order valence-corrected chi connectivity index (χ4v) is 2.65. The summed E-state index contributed by atoms with van der Waals surface area (Å²) in [6.45, 7) is 1.77. The minimum Gasteiger partial charge on any atom is -0.463 e. The number of hydrogen-bond acceptors (Lipinski definition) is 8. The summed E-state index contributed by atoms with van der Waals surface area (Å²) in [4.78, 5) is 40.7. The number of rotatable bonds is 18. The Morgan fingerprint density at radius 2 is 1.27 bits per heavy atom. The van der Waals surface area contributed by atoms with Gasteiger partial charge in [-0.25, -0.2) is 0 Å². The van der Waals surface area contributed by atoms with Crippen LogP contribution in [0.2, 0.25) is 0 Å². The standard InChI is InChI=1S/C21H40O4.H4O4Si/c1-2-3-4-5-6-7-8-9-10-11-12-13-14-15-16-17-21(24)25-19-20(23)18-22;1-5(2,3)4/h9-10,20,22-23H,2-8,11-19H2,1H3;1-4H/b10-9-;. The van der Waals surface area contributed by atoms with Gasteiger partial charge in [0.2, 0.25) is 0 Å². The van der Waals surface area contributed by atoms with Gasteiger partial charge in [0.05, 0.1) is 6.61 Å². The Labute approximate surface area is 182 Å². The Morgan fingerprint density at radius 1 is 0.833 bits per heavy atom. The molecule has 0 spiro atoms. The Hall–Kier alpha value is -0.813. The van der Waals surface area contributed by atoms with Crippen molar-refractivity contribution in [1.29, 1.82) is 0 Å². The highest BCUT2D eigenvalue weighted by Crippen LogP contribution is 2.10. The molecule has 180 valence electrons. The maximum absolute atomic E-state index is 11.4. The Bertz CT molecular complexity index is 393. The summed E-state index contributed by atoms with van der Waals surface area (Å²) in [5.74, 6) is -0.287. The van der Waals surface area contributed by atoms with Gasteiger partial charge in [0.25, 0.3) is 0 Å². The number of aliphatic hydroxyl groups is 2. The second kappa shape index (κ2) is 22.9. The summed E-state index contributed by atoms with van der Waals surface area (Å²) in [6, 6.07) is 0. The summed E-state index contributed by atoms with van der Waals surface area (Å²) >= 11 is 0. The molecule has 9 heteroatoms. The van der Waals surface area contributed by atoms with Crippen molar-refractivity contribution in [3.05, 3.63) is 12.2 Å². The lowest BCUT2D eigenvalue weighted by Gasteiger charge is -2.08. The normalized spacial score (nSPS) is 12.5. The lowest BCUT2D eigenvalue weighted by molar-refractivity contribution is -0.147. The molecule has 0 amide bonds. The second-order valence-corrected chi connectivity index (χ2v) is 8.65. The molecule has 8 nitrogen and oxygen atoms in total. The van der Waals surface area contributed by atoms with Crippen LogP contribution in [-0.2, 0) is 9.53 Å². The number of carbonyl (C=O) groups excluding carboxylic acids is 1. The first-order valence-corrected chi connectivity index (χ1v) is 13.0. The maximum atomic E-state index is 11.4. The highest BCUT2D eigenvalue weighted by Gasteiger charge is 2.22. The lowest BCUT2D eigenvalue weighted by Crippen LogP contribution is -2.33. The Balaban J connectivity index is 0. The highest BCUT2D eigenvalue weighted by atomic mass is 28.4. The van der Waals surface area contributed by atoms with Crippen LogP contribution in [0.25, 0.3) is 0 Å². The van der Waals surface area contributed by atoms with Crippen LogP contribution in [0, 0.1) is 0 Å². The van der Waals surface area contributed by atoms with Crippen LogP contribution in [0.4, 0.5) is 0 Å². The Morgan fingerprint density at radius 3 is 1.73 bits per heavy atom. The topological polar surface area (TPSA) is 148 Å². The van der Waals surface area contributed by atoms with E-state index < -0.39 is 15.2 Å². The minimum atomic E-state index is -4.61. The van der Waals surface area contributed by atoms with E-state index >= 15 is 0 Å². The summed E-state index contributed by atoms with van der Waals surface area (Å²) in [6.07, 6.45) is 20.1. The zero-order chi connectivity index (χ0) is 23.1. The summed E-state index contributed by atoms with van der Waals surface area (Å²) in [5, 5.41) is 17.7. The molecule has 0 fully saturated rings. The van der Waals surface area contributed by atoms with Crippen LogP contribution in [0.5, 0.6) is 0 Å². The number of allylic oxidation sites excluding steroid dienone is 2. The van der Waals surface area contributed by atoms with Crippen LogP contribution in [0.1, 0.15) is 96.8 Å². The summed E-state index contributed by atoms with van der Waals surface area (Å²) in [5.41, 5.74) is 0. The number of carbonyl (C=O) groups is 1. The van der Waals surface area contributed by atoms with Gasteiger partial charge in [0.15, 0.2) is 0 Å². The van der Waals surface area contributed by atoms with Gasteiger partial charge in [-0.2, -0.15) is 0 Å². The molecule has 0 aliphatic heterocycles. The van der Waals surface area contributed by atoms with Crippen LogP contribution in [0.3, 0.4) is 0 Å². The van der Waals surface area contributed by atoms with Crippen LogP contribution in [0.15, 0.2) is 12.2 Å². The molecule has 0 aliphatic rings. The molecule has 1 atom stereocenters. The third-order valence-corrected chi connectivity index (χ3v) is 4.29. The first-order chi connectivity index (χ1) is 14.2. The smallest absolute Gasteiger partial charge is 0.463 e. The second-order valence-electron chi connectivity index (χ2n) is 7.45. The molecule has 0 bridgehead atoms. The molecule has 1 unspecified atom stereocenters. The summed E-state index contributed by atoms with van der Waals surface area (Å²) in [7, 11) is -4.61. The molecule has 0 saturated carbocycles. The fourth-order valence-electron chi connectivity index (χ4n) is 2.65. The number of hydrogen-bond donors (Lipinski definition) is 6. The molecule has 0 aliphatic carbocycles. The van der Waals surface area contributed by atoms with Gasteiger partial charge >= 0.3 is 15.0 Å². The van der Waals surface area contributed by atoms with Crippen molar-refractivity contribution >= 4 is 15.0 Å². The molecular weight excluding hydrogens is 408 g/mol. The Kier molecular flexibility index (Phi) is 23.9. The van der Waals surface area contributed by atoms with Crippen molar-refractivity contribution in [1.82, 2.24) is 0 Å². The minimum absolute atomic E-state index is 0.111. The predicted molar refractivity (Wildman–Crippen MR) is 118 cm³/mol. The third kappa shape index (κ3) is 34.7. The van der Waals surface area contributed by atoms with E-state index in [1.54, 1.807) is 0 Å². The van der Waals surface area contributed by atoms with Crippen molar-refractivity contribution in [2.45, 2.75) is 103 Å². The van der Waals surface area contributed by atoms with Gasteiger partial charge in [-0.05, 0) is 32.1 Å². The average Bonchev–Trinajstić information content (AvgIpc) is 2.67. The summed E-state index contributed by atoms with van der Waals surface area (Å²) < 4.78 is 4.86. The monoisotopic (exact) mass is 452 g/mol. The van der Waals surface area contributed by atoms with E-state index in [9.17, 15) is 4.79 Å². The first kappa shape index (κ1) is 31.4. The predicted octanol–water partition coefficient (Wildman–Crippen LogP) is 2.31. The molecule has 0 saturated heterocycles. The van der Waals surface area contributed by atoms with Crippen LogP contribution >= 0.6 is 0 Å². The molecular formula is C21H44O8Si. The highest BCUT2D eigenvalue weighted by molar-refractivity contribution is 6.46. The van der Waals surface area contributed by atoms with E-state index in [0.29, 0.717) is 6.42 Å². The average molecular weight is 453 g/mol. The zero-order valence-electron chi connectivity index (χ0n) is 18.5. The molecule has 0 rings (SSSR count). The van der Waals surface area contributed by atoms with E-state index in [1.165, 1.54) is 57.8 Å². The maximum Gasteiger partial charge on any atom is 0.668 e. The van der Waals surface area contributed by atoms with E-state index in [-0.39, 0.29) is 19.2 Å². The number of aliphatic hydroxyl groups excluding tert-OH is 2. The van der Waals surface area contributed by atoms with Gasteiger partial charge in [0, 0.05) is 6.42 Å². The number of unbranched alkanes of at least 4 members (excludes halogenated alkanes) is 11. The van der Waals surface area contributed by atoms with E-state index in [2.05, 4.69) is 19.1 Å². The largest absolute Gasteiger partial charge is 0.668 e. The third-order valence-electron chi connectivity index (χ3n) is 4.29. The van der Waals surface area contributed by atoms with Crippen LogP contribution < -0.4 is 0 Å². The van der Waals surface area contributed by atoms with Crippen molar-refractivity contribution in [2.24, 2.45) is 0 Å².